The van der Waals surface area contributed by atoms with Crippen LogP contribution in [0.3, 0.4) is 0 Å². The van der Waals surface area contributed by atoms with Crippen molar-refractivity contribution < 1.29 is 14.2 Å². The van der Waals surface area contributed by atoms with Crippen molar-refractivity contribution in [3.05, 3.63) is 505 Å². The zero-order valence-electron chi connectivity index (χ0n) is 87.5. The van der Waals surface area contributed by atoms with Gasteiger partial charge in [-0.05, 0) is 378 Å². The predicted molar refractivity (Wildman–Crippen MR) is 616 cm³/mol. The largest absolute Gasteiger partial charge is 0.457 e. The van der Waals surface area contributed by atoms with Gasteiger partial charge in [-0.3, -0.25) is 0 Å². The maximum absolute atomic E-state index is 6.49. The molecule has 0 amide bonds. The fraction of sp³-hybridized carbons (Fsp3) is 0.200. The lowest BCUT2D eigenvalue weighted by Crippen LogP contribution is -2.13. The zero-order chi connectivity index (χ0) is 102. The molecule has 0 aliphatic carbocycles. The molecule has 18 aromatic rings. The van der Waals surface area contributed by atoms with Crippen LogP contribution in [-0.2, 0) is 97.9 Å². The second kappa shape index (κ2) is 45.8. The van der Waals surface area contributed by atoms with E-state index in [1.807, 2.05) is 0 Å². The lowest BCUT2D eigenvalue weighted by molar-refractivity contribution is 0.481. The first-order chi connectivity index (χ1) is 68.9. The van der Waals surface area contributed by atoms with Crippen LogP contribution < -0.4 is 14.2 Å². The Kier molecular flexibility index (Phi) is 33.2. The lowest BCUT2D eigenvalue weighted by Gasteiger charge is -2.20. The molecule has 726 valence electrons. The van der Waals surface area contributed by atoms with Crippen molar-refractivity contribution in [2.75, 3.05) is 0 Å². The van der Waals surface area contributed by atoms with Gasteiger partial charge in [-0.25, -0.2) is 0 Å². The molecule has 0 saturated carbocycles. The maximum atomic E-state index is 6.49. The van der Waals surface area contributed by atoms with Crippen molar-refractivity contribution in [1.29, 1.82) is 0 Å². The number of benzene rings is 18. The third-order valence-corrected chi connectivity index (χ3v) is 38.9. The van der Waals surface area contributed by atoms with E-state index in [0.717, 1.165) is 34.5 Å². The van der Waals surface area contributed by atoms with E-state index in [4.69, 9.17) is 14.2 Å². The quantitative estimate of drug-likeness (QED) is 0.0564. The van der Waals surface area contributed by atoms with E-state index in [1.165, 1.54) is 138 Å². The highest BCUT2D eigenvalue weighted by molar-refractivity contribution is 7.98. The molecule has 0 aliphatic rings. The predicted octanol–water partition coefficient (Wildman–Crippen LogP) is 37.7. The molecule has 144 heavy (non-hydrogen) atoms. The summed E-state index contributed by atoms with van der Waals surface area (Å²) in [6.07, 6.45) is 0. The average molecular weight is 2000 g/mol. The Balaban J connectivity index is 0.000000156. The van der Waals surface area contributed by atoms with Crippen molar-refractivity contribution in [2.24, 2.45) is 0 Å². The molecule has 0 radical (unpaired) electrons. The van der Waals surface area contributed by atoms with Crippen LogP contribution in [0.5, 0.6) is 34.5 Å². The first kappa shape index (κ1) is 104. The summed E-state index contributed by atoms with van der Waals surface area (Å²) in [6, 6.07) is 166. The molecule has 0 aliphatic heterocycles. The summed E-state index contributed by atoms with van der Waals surface area (Å²) < 4.78 is 19.2. The molecule has 0 N–H and O–H groups in total. The number of ether oxygens (including phenoxy) is 3. The molecule has 0 fully saturated rings. The minimum Gasteiger partial charge on any atom is -0.457 e. The smallest absolute Gasteiger partial charge is 0.166 e. The van der Waals surface area contributed by atoms with E-state index >= 15 is 0 Å². The number of aryl methyl sites for hydroxylation is 3. The van der Waals surface area contributed by atoms with Crippen LogP contribution in [0, 0.1) is 20.8 Å². The first-order valence-corrected chi connectivity index (χ1v) is 57.3. The highest BCUT2D eigenvalue weighted by atomic mass is 32.2. The van der Waals surface area contributed by atoms with Crippen molar-refractivity contribution in [2.45, 2.75) is 266 Å². The number of hydrogen-bond donors (Lipinski definition) is 0. The van der Waals surface area contributed by atoms with Crippen molar-refractivity contribution in [3.8, 4) is 34.5 Å². The Labute approximate surface area is 877 Å². The fourth-order valence-corrected chi connectivity index (χ4v) is 29.3. The molecule has 0 saturated heterocycles. The first-order valence-electron chi connectivity index (χ1n) is 50.0. The van der Waals surface area contributed by atoms with Crippen LogP contribution in [-0.4, -0.2) is 0 Å². The van der Waals surface area contributed by atoms with E-state index in [2.05, 4.69) is 600 Å². The van der Waals surface area contributed by atoms with Crippen LogP contribution >= 0.6 is 0 Å². The van der Waals surface area contributed by atoms with Gasteiger partial charge in [-0.2, -0.15) is 0 Å². The summed E-state index contributed by atoms with van der Waals surface area (Å²) in [7, 11) is -1.29. The Bertz CT molecular complexity index is 6720. The molecule has 18 aromatic carbocycles. The van der Waals surface area contributed by atoms with Gasteiger partial charge in [0.25, 0.3) is 0 Å². The van der Waals surface area contributed by atoms with Gasteiger partial charge in [0.05, 0.1) is 65.4 Å². The summed E-state index contributed by atoms with van der Waals surface area (Å²) in [4.78, 5) is 23.4. The van der Waals surface area contributed by atoms with E-state index in [0.29, 0.717) is 0 Å². The van der Waals surface area contributed by atoms with Gasteiger partial charge in [0.1, 0.15) is 34.5 Å². The van der Waals surface area contributed by atoms with Crippen LogP contribution in [0.25, 0.3) is 0 Å². The molecule has 0 spiro atoms. The summed E-state index contributed by atoms with van der Waals surface area (Å²) >= 11 is 0. The Hall–Kier alpha value is -12.5. The van der Waals surface area contributed by atoms with Crippen LogP contribution in [0.2, 0.25) is 0 Å². The molecule has 18 rings (SSSR count). The van der Waals surface area contributed by atoms with Crippen molar-refractivity contribution >= 4 is 65.4 Å². The summed E-state index contributed by atoms with van der Waals surface area (Å²) in [5.41, 5.74) is 12.6. The third-order valence-electron chi connectivity index (χ3n) is 25.5. The molecular formula is C135H138O3S6+6. The molecule has 0 aromatic heterocycles. The monoisotopic (exact) mass is 2000 g/mol. The van der Waals surface area contributed by atoms with Crippen molar-refractivity contribution in [3.63, 3.8) is 0 Å². The van der Waals surface area contributed by atoms with Gasteiger partial charge < -0.3 is 14.2 Å². The lowest BCUT2D eigenvalue weighted by atomic mass is 9.87. The fourth-order valence-electron chi connectivity index (χ4n) is 17.0. The topological polar surface area (TPSA) is 27.7 Å². The second-order valence-corrected chi connectivity index (χ2v) is 55.2. The van der Waals surface area contributed by atoms with Crippen LogP contribution in [0.4, 0.5) is 0 Å². The minimum atomic E-state index is -0.252. The van der Waals surface area contributed by atoms with Gasteiger partial charge in [0.2, 0.25) is 0 Å². The number of hydrogen-bond acceptors (Lipinski definition) is 3. The summed E-state index contributed by atoms with van der Waals surface area (Å²) in [5.74, 6) is 5.01. The minimum absolute atomic E-state index is 0.111. The van der Waals surface area contributed by atoms with E-state index in [-0.39, 0.29) is 97.9 Å². The summed E-state index contributed by atoms with van der Waals surface area (Å²) in [5, 5.41) is 0. The zero-order valence-corrected chi connectivity index (χ0v) is 92.4. The highest BCUT2D eigenvalue weighted by Crippen LogP contribution is 2.44. The second-order valence-electron chi connectivity index (χ2n) is 43.0. The van der Waals surface area contributed by atoms with Crippen LogP contribution in [0.15, 0.2) is 543 Å². The van der Waals surface area contributed by atoms with Crippen molar-refractivity contribution in [1.82, 2.24) is 0 Å². The Morgan fingerprint density at radius 1 is 0.118 bits per heavy atom. The normalized spacial score (nSPS) is 12.8. The Morgan fingerprint density at radius 2 is 0.215 bits per heavy atom. The molecule has 3 nitrogen and oxygen atoms in total. The SMILES string of the molecule is CC(C)(C)c1ccc([S+](c2ccc(Oc3ccc([S+](c4ccc(C(C)(C)C)cc4)c4ccc(C(C)(C)C)cc4)cc3)cc2)c2ccc(C(C)(C)C)cc2)cc1.Cc1ccc([S+](c2ccc(Oc3ccc([S+](c4ccccc4)c4ccc(C(C)(C)C)cc4)cc3)cc2)c2ccc(C(C)(C)C)cc2)cc1.Cc1ccc([S+](c2ccccc2)c2ccc(Oc3ccc([S+](c4ccccc4)c4ccc(C)cc4)cc3)cc2)cc1. The highest BCUT2D eigenvalue weighted by Gasteiger charge is 2.38. The van der Waals surface area contributed by atoms with E-state index in [1.54, 1.807) is 0 Å². The molecule has 4 unspecified atom stereocenters. The van der Waals surface area contributed by atoms with Gasteiger partial charge in [0, 0.05) is 0 Å². The number of rotatable bonds is 24. The maximum Gasteiger partial charge on any atom is 0.166 e. The molecule has 0 heterocycles. The van der Waals surface area contributed by atoms with Gasteiger partial charge in [-0.1, -0.05) is 305 Å². The third kappa shape index (κ3) is 27.0. The molecular weight excluding hydrogens is 1860 g/mol. The van der Waals surface area contributed by atoms with Gasteiger partial charge >= 0.3 is 0 Å². The standard InChI is InChI=1S/C52H60OS2.C45H46OS2.C38H32OS2/c1-49(2,3)37-13-25-43(26-14-37)54(44-27-15-38(16-28-44)50(4,5)6)47-33-21-41(22-34-47)53-42-23-35-48(36-24-42)55(45-29-17-39(18-30-45)51(7,8)9)46-31-19-40(20-32-46)52(10,11)12;1-33-13-23-39(24-14-33)48(41-27-17-35(18-28-41)45(5,6)7)43-31-21-37(22-32-43)46-36-19-29-42(30-20-36)47(38-11-9-8-10-12-38)40-25-15-34(16-26-40)44(2,3)4;1-29-13-21-35(22-14-29)40(33-9-5-3-6-10-33)37-25-17-31(18-26-37)39-32-19-27-38(28-20-32)41(34-11-7-4-8-12-34)36-23-15-30(2)16-24-36/h13-36H,1-12H3;8-32H,1-7H3;3-28H,1-2H3/q3*+2. The van der Waals surface area contributed by atoms with Gasteiger partial charge in [0.15, 0.2) is 88.1 Å². The summed E-state index contributed by atoms with van der Waals surface area (Å²) in [6.45, 7) is 47.3. The molecule has 0 bridgehead atoms. The van der Waals surface area contributed by atoms with E-state index < -0.39 is 0 Å². The average Bonchev–Trinajstić information content (AvgIpc) is 0.806. The molecule has 4 atom stereocenters. The van der Waals surface area contributed by atoms with Gasteiger partial charge in [-0.15, -0.1) is 0 Å². The van der Waals surface area contributed by atoms with E-state index in [9.17, 15) is 0 Å². The molecule has 9 heteroatoms. The van der Waals surface area contributed by atoms with Crippen LogP contribution in [0.1, 0.15) is 175 Å². The Morgan fingerprint density at radius 3 is 0.326 bits per heavy atom.